The molecule has 0 aromatic carbocycles. The van der Waals surface area contributed by atoms with Crippen LogP contribution in [0.3, 0.4) is 0 Å². The highest BCUT2D eigenvalue weighted by atomic mass is 16.4. The number of aryl methyl sites for hydroxylation is 1. The van der Waals surface area contributed by atoms with Crippen molar-refractivity contribution in [3.05, 3.63) is 17.8 Å². The molecule has 0 aliphatic heterocycles. The van der Waals surface area contributed by atoms with Crippen molar-refractivity contribution in [1.82, 2.24) is 9.88 Å². The Hall–Kier alpha value is -1.40. The number of aliphatic hydroxyl groups excluding tert-OH is 2. The molecular weight excluding hydrogens is 200 g/mol. The Kier molecular flexibility index (Phi) is 4.26. The van der Waals surface area contributed by atoms with Crippen LogP contribution in [0.1, 0.15) is 16.2 Å². The van der Waals surface area contributed by atoms with Gasteiger partial charge in [0, 0.05) is 13.1 Å². The van der Waals surface area contributed by atoms with Crippen molar-refractivity contribution in [1.29, 1.82) is 0 Å². The maximum atomic E-state index is 11.8. The molecule has 0 fully saturated rings. The van der Waals surface area contributed by atoms with Gasteiger partial charge in [0.15, 0.2) is 6.39 Å². The highest BCUT2D eigenvalue weighted by Crippen LogP contribution is 2.08. The normalized spacial score (nSPS) is 10.3. The summed E-state index contributed by atoms with van der Waals surface area (Å²) in [5, 5.41) is 17.5. The average molecular weight is 214 g/mol. The highest BCUT2D eigenvalue weighted by molar-refractivity contribution is 5.92. The standard InChI is InChI=1S/C9H14N2O4/c1-7-8(15-6-10-7)9(14)11(2-4-12)3-5-13/h6,12-13H,2-5H2,1H3. The van der Waals surface area contributed by atoms with Crippen molar-refractivity contribution in [2.45, 2.75) is 6.92 Å². The summed E-state index contributed by atoms with van der Waals surface area (Å²) in [7, 11) is 0. The van der Waals surface area contributed by atoms with Crippen molar-refractivity contribution in [2.24, 2.45) is 0 Å². The molecule has 1 aromatic heterocycles. The molecule has 0 radical (unpaired) electrons. The molecule has 0 bridgehead atoms. The summed E-state index contributed by atoms with van der Waals surface area (Å²) in [5.74, 6) is -0.218. The second kappa shape index (κ2) is 5.47. The average Bonchev–Trinajstić information content (AvgIpc) is 2.63. The zero-order chi connectivity index (χ0) is 11.3. The second-order valence-corrected chi connectivity index (χ2v) is 3.01. The van der Waals surface area contributed by atoms with Crippen LogP contribution in [0.4, 0.5) is 0 Å². The van der Waals surface area contributed by atoms with Crippen molar-refractivity contribution in [3.63, 3.8) is 0 Å². The summed E-state index contributed by atoms with van der Waals surface area (Å²) in [6.45, 7) is 1.68. The predicted octanol–water partition coefficient (Wildman–Crippen LogP) is -0.590. The van der Waals surface area contributed by atoms with Gasteiger partial charge in [-0.1, -0.05) is 0 Å². The van der Waals surface area contributed by atoms with Gasteiger partial charge in [-0.3, -0.25) is 4.79 Å². The first-order valence-electron chi connectivity index (χ1n) is 4.61. The molecule has 1 aromatic rings. The van der Waals surface area contributed by atoms with Crippen molar-refractivity contribution < 1.29 is 19.4 Å². The third-order valence-corrected chi connectivity index (χ3v) is 1.97. The summed E-state index contributed by atoms with van der Waals surface area (Å²) < 4.78 is 4.93. The van der Waals surface area contributed by atoms with Gasteiger partial charge in [-0.05, 0) is 6.92 Å². The lowest BCUT2D eigenvalue weighted by Crippen LogP contribution is -2.36. The van der Waals surface area contributed by atoms with Crippen LogP contribution in [0.25, 0.3) is 0 Å². The van der Waals surface area contributed by atoms with E-state index in [0.29, 0.717) is 5.69 Å². The van der Waals surface area contributed by atoms with Gasteiger partial charge in [-0.2, -0.15) is 0 Å². The minimum atomic E-state index is -0.367. The molecule has 0 aliphatic carbocycles. The molecule has 0 saturated carbocycles. The van der Waals surface area contributed by atoms with Gasteiger partial charge in [-0.25, -0.2) is 4.98 Å². The largest absolute Gasteiger partial charge is 0.438 e. The van der Waals surface area contributed by atoms with Crippen molar-refractivity contribution in [2.75, 3.05) is 26.3 Å². The third kappa shape index (κ3) is 2.77. The number of amides is 1. The molecule has 1 rings (SSSR count). The van der Waals surface area contributed by atoms with E-state index in [2.05, 4.69) is 4.98 Å². The van der Waals surface area contributed by atoms with E-state index in [9.17, 15) is 4.79 Å². The Morgan fingerprint density at radius 1 is 1.47 bits per heavy atom. The monoisotopic (exact) mass is 214 g/mol. The smallest absolute Gasteiger partial charge is 0.291 e. The summed E-state index contributed by atoms with van der Waals surface area (Å²) in [6, 6.07) is 0. The summed E-state index contributed by atoms with van der Waals surface area (Å²) in [4.78, 5) is 16.9. The number of oxazole rings is 1. The van der Waals surface area contributed by atoms with Crippen molar-refractivity contribution in [3.8, 4) is 0 Å². The van der Waals surface area contributed by atoms with Gasteiger partial charge in [0.25, 0.3) is 5.91 Å². The van der Waals surface area contributed by atoms with E-state index < -0.39 is 0 Å². The van der Waals surface area contributed by atoms with E-state index in [1.54, 1.807) is 6.92 Å². The summed E-state index contributed by atoms with van der Waals surface area (Å²) >= 11 is 0. The van der Waals surface area contributed by atoms with E-state index in [0.717, 1.165) is 0 Å². The molecule has 2 N–H and O–H groups in total. The fraction of sp³-hybridized carbons (Fsp3) is 0.556. The minimum Gasteiger partial charge on any atom is -0.438 e. The van der Waals surface area contributed by atoms with E-state index >= 15 is 0 Å². The van der Waals surface area contributed by atoms with Gasteiger partial charge in [0.1, 0.15) is 0 Å². The quantitative estimate of drug-likeness (QED) is 0.684. The van der Waals surface area contributed by atoms with E-state index in [-0.39, 0.29) is 38.0 Å². The fourth-order valence-electron chi connectivity index (χ4n) is 1.21. The molecule has 1 amide bonds. The molecule has 6 nitrogen and oxygen atoms in total. The molecule has 0 spiro atoms. The molecule has 0 aliphatic rings. The zero-order valence-electron chi connectivity index (χ0n) is 8.51. The zero-order valence-corrected chi connectivity index (χ0v) is 8.51. The number of aliphatic hydroxyl groups is 2. The number of aromatic nitrogens is 1. The fourth-order valence-corrected chi connectivity index (χ4v) is 1.21. The number of carbonyl (C=O) groups is 1. The number of hydrogen-bond acceptors (Lipinski definition) is 5. The SMILES string of the molecule is Cc1ncoc1C(=O)N(CCO)CCO. The maximum absolute atomic E-state index is 11.8. The molecule has 0 saturated heterocycles. The molecule has 1 heterocycles. The van der Waals surface area contributed by atoms with Gasteiger partial charge >= 0.3 is 0 Å². The van der Waals surface area contributed by atoms with Crippen LogP contribution in [0.2, 0.25) is 0 Å². The van der Waals surface area contributed by atoms with Crippen LogP contribution >= 0.6 is 0 Å². The van der Waals surface area contributed by atoms with Gasteiger partial charge in [-0.15, -0.1) is 0 Å². The van der Waals surface area contributed by atoms with Crippen LogP contribution < -0.4 is 0 Å². The lowest BCUT2D eigenvalue weighted by Gasteiger charge is -2.19. The highest BCUT2D eigenvalue weighted by Gasteiger charge is 2.20. The van der Waals surface area contributed by atoms with E-state index in [1.807, 2.05) is 0 Å². The number of carbonyl (C=O) groups excluding carboxylic acids is 1. The Morgan fingerprint density at radius 3 is 2.47 bits per heavy atom. The van der Waals surface area contributed by atoms with Crippen LogP contribution in [0, 0.1) is 6.92 Å². The first-order valence-corrected chi connectivity index (χ1v) is 4.61. The molecule has 0 unspecified atom stereocenters. The number of rotatable bonds is 5. The second-order valence-electron chi connectivity index (χ2n) is 3.01. The first-order chi connectivity index (χ1) is 7.20. The topological polar surface area (TPSA) is 86.8 Å². The Balaban J connectivity index is 2.76. The van der Waals surface area contributed by atoms with Gasteiger partial charge in [0.05, 0.1) is 18.9 Å². The van der Waals surface area contributed by atoms with Crippen LogP contribution in [-0.4, -0.2) is 52.3 Å². The number of hydrogen-bond donors (Lipinski definition) is 2. The first kappa shape index (κ1) is 11.7. The Bertz CT molecular complexity index is 318. The van der Waals surface area contributed by atoms with Crippen LogP contribution in [-0.2, 0) is 0 Å². The lowest BCUT2D eigenvalue weighted by molar-refractivity contribution is 0.0652. The Labute approximate surface area is 87.1 Å². The summed E-state index contributed by atoms with van der Waals surface area (Å²) in [6.07, 6.45) is 1.19. The van der Waals surface area contributed by atoms with Gasteiger partial charge < -0.3 is 19.5 Å². The van der Waals surface area contributed by atoms with E-state index in [4.69, 9.17) is 14.6 Å². The van der Waals surface area contributed by atoms with Crippen LogP contribution in [0.15, 0.2) is 10.8 Å². The molecule has 15 heavy (non-hydrogen) atoms. The number of nitrogens with zero attached hydrogens (tertiary/aromatic N) is 2. The lowest BCUT2D eigenvalue weighted by atomic mass is 10.3. The van der Waals surface area contributed by atoms with Crippen LogP contribution in [0.5, 0.6) is 0 Å². The molecular formula is C9H14N2O4. The molecule has 0 atom stereocenters. The Morgan fingerprint density at radius 2 is 2.07 bits per heavy atom. The predicted molar refractivity (Wildman–Crippen MR) is 51.3 cm³/mol. The molecule has 84 valence electrons. The van der Waals surface area contributed by atoms with Crippen molar-refractivity contribution >= 4 is 5.91 Å². The third-order valence-electron chi connectivity index (χ3n) is 1.97. The maximum Gasteiger partial charge on any atom is 0.291 e. The van der Waals surface area contributed by atoms with E-state index in [1.165, 1.54) is 11.3 Å². The minimum absolute atomic E-state index is 0.150. The molecule has 6 heteroatoms. The summed E-state index contributed by atoms with van der Waals surface area (Å²) in [5.41, 5.74) is 0.501. The van der Waals surface area contributed by atoms with Gasteiger partial charge in [0.2, 0.25) is 5.76 Å².